The highest BCUT2D eigenvalue weighted by atomic mass is 16.3. The Morgan fingerprint density at radius 2 is 1.50 bits per heavy atom. The second-order valence-corrected chi connectivity index (χ2v) is 12.8. The van der Waals surface area contributed by atoms with Crippen molar-refractivity contribution in [2.45, 2.75) is 25.2 Å². The first-order chi connectivity index (χ1) is 23.8. The number of benzene rings is 5. The average Bonchev–Trinajstić information content (AvgIpc) is 3.72. The van der Waals surface area contributed by atoms with E-state index in [1.54, 1.807) is 0 Å². The van der Waals surface area contributed by atoms with Crippen molar-refractivity contribution in [1.29, 1.82) is 0 Å². The number of furan rings is 1. The van der Waals surface area contributed by atoms with Crippen LogP contribution in [0.3, 0.4) is 0 Å². The van der Waals surface area contributed by atoms with E-state index in [2.05, 4.69) is 144 Å². The summed E-state index contributed by atoms with van der Waals surface area (Å²) < 4.78 is 9.24. The van der Waals surface area contributed by atoms with Gasteiger partial charge < -0.3 is 8.98 Å². The van der Waals surface area contributed by atoms with Crippen LogP contribution in [0.4, 0.5) is 0 Å². The smallest absolute Gasteiger partial charge is 0.145 e. The monoisotopic (exact) mass is 617 g/mol. The van der Waals surface area contributed by atoms with Gasteiger partial charge in [-0.2, -0.15) is 0 Å². The summed E-state index contributed by atoms with van der Waals surface area (Å²) in [7, 11) is 0. The number of rotatable bonds is 4. The highest BCUT2D eigenvalue weighted by Gasteiger charge is 2.27. The van der Waals surface area contributed by atoms with Gasteiger partial charge >= 0.3 is 0 Å². The van der Waals surface area contributed by atoms with Gasteiger partial charge in [-0.05, 0) is 55.2 Å². The van der Waals surface area contributed by atoms with Crippen LogP contribution >= 0.6 is 0 Å². The molecule has 0 fully saturated rings. The molecular weight excluding hydrogens is 587 g/mol. The number of hydrogen-bond acceptors (Lipinski definition) is 3. The Bertz CT molecular complexity index is 2640. The van der Waals surface area contributed by atoms with Crippen LogP contribution in [0.2, 0.25) is 0 Å². The van der Waals surface area contributed by atoms with Gasteiger partial charge in [0, 0.05) is 44.5 Å². The lowest BCUT2D eigenvalue weighted by atomic mass is 9.94. The van der Waals surface area contributed by atoms with Crippen molar-refractivity contribution in [3.05, 3.63) is 157 Å². The Morgan fingerprint density at radius 1 is 0.688 bits per heavy atom. The number of aromatic nitrogens is 3. The largest absolute Gasteiger partial charge is 0.455 e. The molecule has 2 aliphatic carbocycles. The third-order valence-electron chi connectivity index (χ3n) is 9.95. The average molecular weight is 618 g/mol. The molecule has 0 saturated heterocycles. The Kier molecular flexibility index (Phi) is 6.10. The van der Waals surface area contributed by atoms with Crippen molar-refractivity contribution in [3.63, 3.8) is 0 Å². The molecule has 0 spiro atoms. The van der Waals surface area contributed by atoms with E-state index in [4.69, 9.17) is 14.4 Å². The number of allylic oxidation sites excluding steroid dienone is 5. The van der Waals surface area contributed by atoms with Gasteiger partial charge in [0.2, 0.25) is 0 Å². The standard InChI is InChI=1S/C44H31N3O/c1-4-15-29(16-5-1)37-27-38(46-44(45-37)30-17-6-2-7-18-30)36-26-35-33-22-12-13-23-39(33)48-43(35)40-34-25-24-28-14-10-11-21-32(28)41(34)47(42(36)40)31-19-8-3-9-20-31/h1-9,11-13,15-17,19-27,30H,10,14,18H2. The maximum absolute atomic E-state index is 6.79. The Morgan fingerprint density at radius 3 is 2.35 bits per heavy atom. The van der Waals surface area contributed by atoms with Gasteiger partial charge in [-0.3, -0.25) is 0 Å². The first-order valence-electron chi connectivity index (χ1n) is 16.8. The molecule has 0 bridgehead atoms. The Labute approximate surface area is 278 Å². The molecular formula is C44H31N3O. The van der Waals surface area contributed by atoms with Crippen molar-refractivity contribution in [2.75, 3.05) is 0 Å². The molecule has 10 rings (SSSR count). The van der Waals surface area contributed by atoms with Crippen molar-refractivity contribution >= 4 is 49.8 Å². The zero-order valence-corrected chi connectivity index (χ0v) is 26.3. The normalized spacial score (nSPS) is 15.6. The van der Waals surface area contributed by atoms with E-state index >= 15 is 0 Å². The summed E-state index contributed by atoms with van der Waals surface area (Å²) in [5.41, 5.74) is 11.8. The zero-order valence-electron chi connectivity index (χ0n) is 26.3. The topological polar surface area (TPSA) is 43.9 Å². The van der Waals surface area contributed by atoms with Crippen molar-refractivity contribution < 1.29 is 4.42 Å². The van der Waals surface area contributed by atoms with E-state index in [0.717, 1.165) is 86.1 Å². The molecule has 48 heavy (non-hydrogen) atoms. The second kappa shape index (κ2) is 10.8. The van der Waals surface area contributed by atoms with Gasteiger partial charge in [-0.15, -0.1) is 0 Å². The maximum Gasteiger partial charge on any atom is 0.145 e. The molecule has 8 aromatic rings. The van der Waals surface area contributed by atoms with Crippen LogP contribution in [-0.4, -0.2) is 14.5 Å². The molecule has 0 amide bonds. The van der Waals surface area contributed by atoms with Crippen LogP contribution in [0.5, 0.6) is 0 Å². The first kappa shape index (κ1) is 27.1. The van der Waals surface area contributed by atoms with E-state index in [1.807, 2.05) is 6.07 Å². The van der Waals surface area contributed by atoms with Crippen molar-refractivity contribution in [3.8, 4) is 28.2 Å². The van der Waals surface area contributed by atoms with E-state index in [9.17, 15) is 0 Å². The molecule has 228 valence electrons. The van der Waals surface area contributed by atoms with Gasteiger partial charge in [0.1, 0.15) is 17.0 Å². The van der Waals surface area contributed by atoms with Gasteiger partial charge in [0.15, 0.2) is 0 Å². The van der Waals surface area contributed by atoms with E-state index in [0.29, 0.717) is 0 Å². The third-order valence-corrected chi connectivity index (χ3v) is 9.95. The summed E-state index contributed by atoms with van der Waals surface area (Å²) in [6.07, 6.45) is 16.2. The molecule has 2 aliphatic rings. The van der Waals surface area contributed by atoms with E-state index < -0.39 is 0 Å². The Hall–Kier alpha value is -6.00. The van der Waals surface area contributed by atoms with Gasteiger partial charge in [-0.1, -0.05) is 115 Å². The predicted octanol–water partition coefficient (Wildman–Crippen LogP) is 11.4. The summed E-state index contributed by atoms with van der Waals surface area (Å²) in [6.45, 7) is 0. The molecule has 0 aliphatic heterocycles. The van der Waals surface area contributed by atoms with Crippen LogP contribution in [0.15, 0.2) is 144 Å². The summed E-state index contributed by atoms with van der Waals surface area (Å²) in [5.74, 6) is 0.934. The fraction of sp³-hybridized carbons (Fsp3) is 0.0909. The molecule has 4 nitrogen and oxygen atoms in total. The molecule has 0 radical (unpaired) electrons. The van der Waals surface area contributed by atoms with Crippen molar-refractivity contribution in [2.24, 2.45) is 0 Å². The first-order valence-corrected chi connectivity index (χ1v) is 16.8. The molecule has 4 heteroatoms. The number of aryl methyl sites for hydroxylation is 1. The lowest BCUT2D eigenvalue weighted by Crippen LogP contribution is -2.06. The second-order valence-electron chi connectivity index (χ2n) is 12.8. The SMILES string of the molecule is C1=CCC(c2nc(-c3ccccc3)cc(-c3cc4c5ccccc5oc4c4c5ccc6c(c5n(-c5ccccc5)c34)C=CCC6)n2)C=C1. The van der Waals surface area contributed by atoms with Gasteiger partial charge in [-0.25, -0.2) is 9.97 Å². The summed E-state index contributed by atoms with van der Waals surface area (Å²) in [4.78, 5) is 10.6. The molecule has 0 saturated carbocycles. The summed E-state index contributed by atoms with van der Waals surface area (Å²) in [6, 6.07) is 38.7. The van der Waals surface area contributed by atoms with E-state index in [1.165, 1.54) is 22.0 Å². The number of nitrogens with zero attached hydrogens (tertiary/aromatic N) is 3. The molecule has 3 aromatic heterocycles. The minimum atomic E-state index is 0.100. The number of hydrogen-bond donors (Lipinski definition) is 0. The zero-order chi connectivity index (χ0) is 31.6. The fourth-order valence-corrected chi connectivity index (χ4v) is 7.71. The summed E-state index contributed by atoms with van der Waals surface area (Å²) >= 11 is 0. The Balaban J connectivity index is 1.41. The van der Waals surface area contributed by atoms with Crippen LogP contribution in [-0.2, 0) is 6.42 Å². The molecule has 0 N–H and O–H groups in total. The highest BCUT2D eigenvalue weighted by molar-refractivity contribution is 6.28. The van der Waals surface area contributed by atoms with Gasteiger partial charge in [0.05, 0.1) is 27.8 Å². The molecule has 1 unspecified atom stereocenters. The van der Waals surface area contributed by atoms with Crippen LogP contribution in [0, 0.1) is 0 Å². The van der Waals surface area contributed by atoms with Crippen molar-refractivity contribution in [1.82, 2.24) is 14.5 Å². The van der Waals surface area contributed by atoms with Crippen LogP contribution in [0.25, 0.3) is 78.0 Å². The number of fused-ring (bicyclic) bond motifs is 9. The minimum absolute atomic E-state index is 0.100. The molecule has 3 heterocycles. The highest BCUT2D eigenvalue weighted by Crippen LogP contribution is 2.47. The molecule has 1 atom stereocenters. The van der Waals surface area contributed by atoms with E-state index in [-0.39, 0.29) is 5.92 Å². The minimum Gasteiger partial charge on any atom is -0.455 e. The third kappa shape index (κ3) is 4.16. The summed E-state index contributed by atoms with van der Waals surface area (Å²) in [5, 5.41) is 4.49. The van der Waals surface area contributed by atoms with Gasteiger partial charge in [0.25, 0.3) is 0 Å². The quantitative estimate of drug-likeness (QED) is 0.197. The molecule has 5 aromatic carbocycles. The fourth-order valence-electron chi connectivity index (χ4n) is 7.71. The predicted molar refractivity (Wildman–Crippen MR) is 198 cm³/mol. The lowest BCUT2D eigenvalue weighted by molar-refractivity contribution is 0.673. The maximum atomic E-state index is 6.79. The number of para-hydroxylation sites is 2. The lowest BCUT2D eigenvalue weighted by Gasteiger charge is -2.17. The van der Waals surface area contributed by atoms with Crippen LogP contribution in [0.1, 0.15) is 35.7 Å². The van der Waals surface area contributed by atoms with Crippen LogP contribution < -0.4 is 0 Å².